The third kappa shape index (κ3) is 2.16. The van der Waals surface area contributed by atoms with Crippen molar-refractivity contribution in [2.24, 2.45) is 0 Å². The molecule has 0 aliphatic rings. The zero-order chi connectivity index (χ0) is 9.84. The average Bonchev–Trinajstić information content (AvgIpc) is 2.03. The summed E-state index contributed by atoms with van der Waals surface area (Å²) in [6, 6.07) is 5.62. The van der Waals surface area contributed by atoms with Gasteiger partial charge in [-0.3, -0.25) is 0 Å². The lowest BCUT2D eigenvalue weighted by atomic mass is 10.2. The van der Waals surface area contributed by atoms with Gasteiger partial charge in [0, 0.05) is 0 Å². The second kappa shape index (κ2) is 3.53. The number of carboxylic acids is 1. The van der Waals surface area contributed by atoms with Crippen LogP contribution in [0.2, 0.25) is 0 Å². The van der Waals surface area contributed by atoms with E-state index in [2.05, 4.69) is 0 Å². The molecule has 0 radical (unpaired) electrons. The van der Waals surface area contributed by atoms with Gasteiger partial charge in [-0.1, -0.05) is 12.1 Å². The van der Waals surface area contributed by atoms with Crippen molar-refractivity contribution >= 4 is 11.7 Å². The number of hydrogen-bond acceptors (Lipinski definition) is 3. The molecule has 0 spiro atoms. The molecule has 0 unspecified atom stereocenters. The van der Waals surface area contributed by atoms with Crippen LogP contribution < -0.4 is 5.43 Å². The van der Waals surface area contributed by atoms with E-state index >= 15 is 0 Å². The first-order chi connectivity index (χ1) is 6.11. The topological polar surface area (TPSA) is 92.5 Å². The molecule has 13 heavy (non-hydrogen) atoms. The summed E-state index contributed by atoms with van der Waals surface area (Å²) in [6.07, 6.45) is 0. The van der Waals surface area contributed by atoms with Crippen molar-refractivity contribution in [2.45, 2.75) is 0 Å². The highest BCUT2D eigenvalue weighted by Crippen LogP contribution is 2.14. The lowest BCUT2D eigenvalue weighted by Crippen LogP contribution is -2.11. The molecule has 1 rings (SSSR count). The Kier molecular flexibility index (Phi) is 2.44. The fraction of sp³-hybridized carbons (Fsp3) is 0. The zero-order valence-corrected chi connectivity index (χ0v) is 6.43. The third-order valence-electron chi connectivity index (χ3n) is 1.37. The highest BCUT2D eigenvalue weighted by atomic mass is 16.7. The monoisotopic (exact) mass is 182 g/mol. The maximum absolute atomic E-state index is 10.5. The SMILES string of the molecule is O=C(O)c1ccccc1N[N+](=O)[O-]. The van der Waals surface area contributed by atoms with Crippen molar-refractivity contribution in [1.29, 1.82) is 0 Å². The van der Waals surface area contributed by atoms with Gasteiger partial charge >= 0.3 is 5.97 Å². The van der Waals surface area contributed by atoms with Crippen molar-refractivity contribution in [3.05, 3.63) is 39.9 Å². The van der Waals surface area contributed by atoms with Crippen LogP contribution in [0.25, 0.3) is 0 Å². The van der Waals surface area contributed by atoms with Gasteiger partial charge in [-0.05, 0) is 12.1 Å². The van der Waals surface area contributed by atoms with Crippen LogP contribution in [0.4, 0.5) is 5.69 Å². The lowest BCUT2D eigenvalue weighted by Gasteiger charge is -2.00. The first-order valence-electron chi connectivity index (χ1n) is 3.34. The van der Waals surface area contributed by atoms with Gasteiger partial charge in [0.1, 0.15) is 5.69 Å². The van der Waals surface area contributed by atoms with Gasteiger partial charge in [-0.15, -0.1) is 5.43 Å². The van der Waals surface area contributed by atoms with E-state index in [0.717, 1.165) is 0 Å². The molecular weight excluding hydrogens is 176 g/mol. The molecule has 68 valence electrons. The number of nitrogens with one attached hydrogen (secondary N) is 1. The van der Waals surface area contributed by atoms with E-state index < -0.39 is 11.0 Å². The Bertz CT molecular complexity index is 350. The van der Waals surface area contributed by atoms with Crippen LogP contribution >= 0.6 is 0 Å². The molecule has 0 amide bonds. The van der Waals surface area contributed by atoms with Gasteiger partial charge < -0.3 is 5.11 Å². The maximum atomic E-state index is 10.5. The number of hydrazine groups is 1. The highest BCUT2D eigenvalue weighted by molar-refractivity contribution is 5.93. The van der Waals surface area contributed by atoms with E-state index in [0.29, 0.717) is 0 Å². The van der Waals surface area contributed by atoms with Crippen LogP contribution in [0.15, 0.2) is 24.3 Å². The van der Waals surface area contributed by atoms with Gasteiger partial charge in [0.2, 0.25) is 0 Å². The summed E-state index contributed by atoms with van der Waals surface area (Å²) in [4.78, 5) is 20.6. The van der Waals surface area contributed by atoms with E-state index in [-0.39, 0.29) is 11.3 Å². The average molecular weight is 182 g/mol. The molecule has 0 heterocycles. The van der Waals surface area contributed by atoms with Crippen LogP contribution in [0.1, 0.15) is 10.4 Å². The van der Waals surface area contributed by atoms with Crippen molar-refractivity contribution in [2.75, 3.05) is 5.43 Å². The molecule has 0 aliphatic heterocycles. The summed E-state index contributed by atoms with van der Waals surface area (Å²) in [7, 11) is 0. The number of rotatable bonds is 3. The summed E-state index contributed by atoms with van der Waals surface area (Å²) in [6.45, 7) is 0. The van der Waals surface area contributed by atoms with Crippen molar-refractivity contribution in [1.82, 2.24) is 0 Å². The molecule has 0 saturated heterocycles. The lowest BCUT2D eigenvalue weighted by molar-refractivity contribution is -0.445. The van der Waals surface area contributed by atoms with Crippen LogP contribution in [0.5, 0.6) is 0 Å². The fourth-order valence-electron chi connectivity index (χ4n) is 0.865. The molecule has 0 bridgehead atoms. The normalized spacial score (nSPS) is 9.23. The maximum Gasteiger partial charge on any atom is 0.338 e. The highest BCUT2D eigenvalue weighted by Gasteiger charge is 2.11. The van der Waals surface area contributed by atoms with Gasteiger partial charge in [-0.2, -0.15) is 0 Å². The minimum atomic E-state index is -1.20. The Morgan fingerprint density at radius 3 is 2.62 bits per heavy atom. The fourth-order valence-corrected chi connectivity index (χ4v) is 0.865. The standard InChI is InChI=1S/C7H6N2O4/c10-7(11)5-3-1-2-4-6(5)8-9(12)13/h1-4,8H,(H,10,11). The number of anilines is 1. The number of benzene rings is 1. The molecule has 0 fully saturated rings. The first-order valence-corrected chi connectivity index (χ1v) is 3.34. The number of para-hydroxylation sites is 1. The van der Waals surface area contributed by atoms with E-state index in [1.54, 1.807) is 5.43 Å². The summed E-state index contributed by atoms with van der Waals surface area (Å²) >= 11 is 0. The molecule has 1 aromatic rings. The van der Waals surface area contributed by atoms with E-state index in [1.807, 2.05) is 0 Å². The number of carbonyl (C=O) groups is 1. The van der Waals surface area contributed by atoms with Crippen molar-refractivity contribution < 1.29 is 14.9 Å². The quantitative estimate of drug-likeness (QED) is 0.537. The third-order valence-corrected chi connectivity index (χ3v) is 1.37. The summed E-state index contributed by atoms with van der Waals surface area (Å²) < 4.78 is 0. The van der Waals surface area contributed by atoms with Crippen LogP contribution in [0.3, 0.4) is 0 Å². The Morgan fingerprint density at radius 1 is 1.46 bits per heavy atom. The number of carboxylic acid groups (broad SMARTS) is 1. The van der Waals surface area contributed by atoms with Crippen molar-refractivity contribution in [3.8, 4) is 0 Å². The molecule has 0 aromatic heterocycles. The molecule has 0 aliphatic carbocycles. The van der Waals surface area contributed by atoms with Crippen LogP contribution in [0, 0.1) is 10.1 Å². The second-order valence-electron chi connectivity index (χ2n) is 2.22. The smallest absolute Gasteiger partial charge is 0.338 e. The zero-order valence-electron chi connectivity index (χ0n) is 6.43. The van der Waals surface area contributed by atoms with Crippen molar-refractivity contribution in [3.63, 3.8) is 0 Å². The molecule has 6 heteroatoms. The summed E-state index contributed by atoms with van der Waals surface area (Å²) in [5.74, 6) is -1.20. The van der Waals surface area contributed by atoms with E-state index in [1.165, 1.54) is 24.3 Å². The molecule has 6 nitrogen and oxygen atoms in total. The second-order valence-corrected chi connectivity index (χ2v) is 2.22. The molecular formula is C7H6N2O4. The molecule has 0 saturated carbocycles. The molecule has 2 N–H and O–H groups in total. The minimum absolute atomic E-state index is 0.0278. The van der Waals surface area contributed by atoms with E-state index in [4.69, 9.17) is 5.11 Å². The van der Waals surface area contributed by atoms with Gasteiger partial charge in [-0.25, -0.2) is 14.9 Å². The van der Waals surface area contributed by atoms with Crippen LogP contribution in [-0.4, -0.2) is 16.1 Å². The Labute approximate surface area is 72.9 Å². The summed E-state index contributed by atoms with van der Waals surface area (Å²) in [5, 5.41) is 17.9. The number of nitro groups is 1. The van der Waals surface area contributed by atoms with Gasteiger partial charge in [0.25, 0.3) is 0 Å². The predicted octanol–water partition coefficient (Wildman–Crippen LogP) is 0.988. The Balaban J connectivity index is 3.04. The number of nitrogens with zero attached hydrogens (tertiary/aromatic N) is 1. The molecule has 0 atom stereocenters. The Hall–Kier alpha value is -2.11. The predicted molar refractivity (Wildman–Crippen MR) is 44.0 cm³/mol. The molecule has 1 aromatic carbocycles. The van der Waals surface area contributed by atoms with Crippen LogP contribution in [-0.2, 0) is 0 Å². The minimum Gasteiger partial charge on any atom is -0.478 e. The van der Waals surface area contributed by atoms with Gasteiger partial charge in [0.05, 0.1) is 5.56 Å². The largest absolute Gasteiger partial charge is 0.478 e. The summed E-state index contributed by atoms with van der Waals surface area (Å²) in [5.41, 5.74) is 1.64. The van der Waals surface area contributed by atoms with Gasteiger partial charge in [0.15, 0.2) is 5.03 Å². The Morgan fingerprint density at radius 2 is 2.08 bits per heavy atom. The first kappa shape index (κ1) is 8.98. The number of hydrogen-bond donors (Lipinski definition) is 2. The van der Waals surface area contributed by atoms with E-state index in [9.17, 15) is 14.9 Å². The number of aromatic carboxylic acids is 1.